The summed E-state index contributed by atoms with van der Waals surface area (Å²) < 4.78 is 4.59. The van der Waals surface area contributed by atoms with E-state index in [-0.39, 0.29) is 0 Å². The van der Waals surface area contributed by atoms with E-state index in [1.54, 1.807) is 24.3 Å². The smallest absolute Gasteiger partial charge is 0.391 e. The molecule has 0 atom stereocenters. The maximum Gasteiger partial charge on any atom is 0.391 e. The van der Waals surface area contributed by atoms with Gasteiger partial charge in [-0.15, -0.1) is 0 Å². The highest BCUT2D eigenvalue weighted by atomic mass is 31.2. The topological polar surface area (TPSA) is 61.7 Å². The zero-order valence-corrected chi connectivity index (χ0v) is 9.95. The second kappa shape index (κ2) is 9.87. The van der Waals surface area contributed by atoms with E-state index >= 15 is 0 Å². The Hall–Kier alpha value is -0.670. The summed E-state index contributed by atoms with van der Waals surface area (Å²) in [7, 11) is -2.28. The second-order valence-electron chi connectivity index (χ2n) is 2.61. The molecular weight excluding hydrogens is 213 g/mol. The van der Waals surface area contributed by atoms with Crippen molar-refractivity contribution in [3.8, 4) is 5.75 Å². The van der Waals surface area contributed by atoms with Gasteiger partial charge in [-0.2, -0.15) is 0 Å². The molecule has 1 rings (SSSR count). The van der Waals surface area contributed by atoms with Crippen LogP contribution in [0, 0.1) is 0 Å². The van der Waals surface area contributed by atoms with Gasteiger partial charge < -0.3 is 19.6 Å². The fraction of sp³-hybridized carbons (Fsp3) is 0.400. The van der Waals surface area contributed by atoms with Gasteiger partial charge in [0.2, 0.25) is 0 Å². The van der Waals surface area contributed by atoms with E-state index in [4.69, 9.17) is 9.79 Å². The zero-order chi connectivity index (χ0) is 11.5. The standard InChI is InChI=1S/C6H7O3P.C4H11N/c7-10(8)9-6-4-2-1-3-5-6;1-3-5-4-2/h1-5,7-8H;5H,3-4H2,1-2H3. The average molecular weight is 231 g/mol. The summed E-state index contributed by atoms with van der Waals surface area (Å²) >= 11 is 0. The molecule has 1 aromatic carbocycles. The lowest BCUT2D eigenvalue weighted by atomic mass is 10.3. The lowest BCUT2D eigenvalue weighted by Gasteiger charge is -2.02. The molecule has 0 radical (unpaired) electrons. The average Bonchev–Trinajstić information content (AvgIpc) is 2.20. The molecule has 86 valence electrons. The number of nitrogens with one attached hydrogen (secondary N) is 1. The van der Waals surface area contributed by atoms with E-state index in [0.717, 1.165) is 13.1 Å². The van der Waals surface area contributed by atoms with Gasteiger partial charge in [0.15, 0.2) is 0 Å². The molecule has 0 aliphatic carbocycles. The Balaban J connectivity index is 0.000000336. The van der Waals surface area contributed by atoms with E-state index in [9.17, 15) is 0 Å². The third-order valence-electron chi connectivity index (χ3n) is 1.43. The highest BCUT2D eigenvalue weighted by molar-refractivity contribution is 7.39. The maximum atomic E-state index is 8.40. The molecule has 0 fully saturated rings. The molecule has 3 N–H and O–H groups in total. The third-order valence-corrected chi connectivity index (χ3v) is 1.80. The summed E-state index contributed by atoms with van der Waals surface area (Å²) in [4.78, 5) is 16.8. The van der Waals surface area contributed by atoms with Crippen molar-refractivity contribution >= 4 is 8.60 Å². The van der Waals surface area contributed by atoms with Crippen molar-refractivity contribution in [2.24, 2.45) is 0 Å². The Morgan fingerprint density at radius 2 is 1.67 bits per heavy atom. The van der Waals surface area contributed by atoms with Gasteiger partial charge in [0.05, 0.1) is 0 Å². The first kappa shape index (κ1) is 14.3. The first-order valence-electron chi connectivity index (χ1n) is 4.82. The zero-order valence-electron chi connectivity index (χ0n) is 9.05. The van der Waals surface area contributed by atoms with Gasteiger partial charge in [0, 0.05) is 0 Å². The third kappa shape index (κ3) is 9.63. The molecule has 15 heavy (non-hydrogen) atoms. The number of rotatable bonds is 4. The molecule has 0 aliphatic heterocycles. The van der Waals surface area contributed by atoms with Crippen LogP contribution in [0.5, 0.6) is 5.75 Å². The molecule has 0 aliphatic rings. The maximum absolute atomic E-state index is 8.40. The number of benzene rings is 1. The summed E-state index contributed by atoms with van der Waals surface area (Å²) in [6, 6.07) is 8.65. The minimum Gasteiger partial charge on any atom is -0.427 e. The SMILES string of the molecule is CCNCC.OP(O)Oc1ccccc1. The fourth-order valence-electron chi connectivity index (χ4n) is 0.826. The molecule has 5 heteroatoms. The molecule has 0 spiro atoms. The quantitative estimate of drug-likeness (QED) is 0.692. The number of hydrogen-bond acceptors (Lipinski definition) is 4. The van der Waals surface area contributed by atoms with Crippen LogP contribution in [0.2, 0.25) is 0 Å². The fourth-order valence-corrected chi connectivity index (χ4v) is 1.14. The van der Waals surface area contributed by atoms with Crippen LogP contribution in [0.15, 0.2) is 30.3 Å². The van der Waals surface area contributed by atoms with Crippen molar-refractivity contribution in [1.29, 1.82) is 0 Å². The van der Waals surface area contributed by atoms with Gasteiger partial charge in [-0.3, -0.25) is 0 Å². The predicted octanol–water partition coefficient (Wildman–Crippen LogP) is 1.89. The van der Waals surface area contributed by atoms with Gasteiger partial charge in [-0.25, -0.2) is 0 Å². The Morgan fingerprint density at radius 3 is 2.00 bits per heavy atom. The molecule has 0 unspecified atom stereocenters. The summed E-state index contributed by atoms with van der Waals surface area (Å²) in [5.41, 5.74) is 0. The molecule has 0 saturated carbocycles. The van der Waals surface area contributed by atoms with Gasteiger partial charge in [-0.05, 0) is 25.2 Å². The van der Waals surface area contributed by atoms with Crippen LogP contribution < -0.4 is 9.84 Å². The summed E-state index contributed by atoms with van der Waals surface area (Å²) in [6.45, 7) is 6.39. The van der Waals surface area contributed by atoms with Crippen molar-refractivity contribution < 1.29 is 14.3 Å². The van der Waals surface area contributed by atoms with E-state index in [1.807, 2.05) is 6.07 Å². The molecule has 0 aromatic heterocycles. The monoisotopic (exact) mass is 231 g/mol. The first-order chi connectivity index (χ1) is 7.20. The van der Waals surface area contributed by atoms with Crippen LogP contribution in [-0.4, -0.2) is 22.9 Å². The Kier molecular flexibility index (Phi) is 9.43. The van der Waals surface area contributed by atoms with Crippen molar-refractivity contribution in [2.45, 2.75) is 13.8 Å². The van der Waals surface area contributed by atoms with Gasteiger partial charge in [0.1, 0.15) is 5.75 Å². The normalized spacial score (nSPS) is 9.40. The largest absolute Gasteiger partial charge is 0.427 e. The lowest BCUT2D eigenvalue weighted by molar-refractivity contribution is 0.375. The Labute approximate surface area is 91.9 Å². The summed E-state index contributed by atoms with van der Waals surface area (Å²) in [6.07, 6.45) is 0. The van der Waals surface area contributed by atoms with Crippen LogP contribution >= 0.6 is 8.60 Å². The van der Waals surface area contributed by atoms with Gasteiger partial charge >= 0.3 is 8.60 Å². The van der Waals surface area contributed by atoms with Gasteiger partial charge in [-0.1, -0.05) is 32.0 Å². The van der Waals surface area contributed by atoms with Crippen LogP contribution in [-0.2, 0) is 0 Å². The minimum absolute atomic E-state index is 0.471. The molecule has 4 nitrogen and oxygen atoms in total. The predicted molar refractivity (Wildman–Crippen MR) is 62.6 cm³/mol. The van der Waals surface area contributed by atoms with Crippen LogP contribution in [0.4, 0.5) is 0 Å². The number of hydrogen-bond donors (Lipinski definition) is 3. The van der Waals surface area contributed by atoms with Crippen molar-refractivity contribution in [3.05, 3.63) is 30.3 Å². The Morgan fingerprint density at radius 1 is 1.13 bits per heavy atom. The van der Waals surface area contributed by atoms with E-state index < -0.39 is 8.60 Å². The van der Waals surface area contributed by atoms with Crippen LogP contribution in [0.1, 0.15) is 13.8 Å². The molecule has 0 amide bonds. The highest BCUT2D eigenvalue weighted by Crippen LogP contribution is 2.27. The first-order valence-corrected chi connectivity index (χ1v) is 5.98. The van der Waals surface area contributed by atoms with E-state index in [1.165, 1.54) is 0 Å². The Bertz CT molecular complexity index is 229. The second-order valence-corrected chi connectivity index (χ2v) is 3.30. The molecular formula is C10H18NO3P. The van der Waals surface area contributed by atoms with Crippen molar-refractivity contribution in [1.82, 2.24) is 5.32 Å². The minimum atomic E-state index is -2.28. The van der Waals surface area contributed by atoms with E-state index in [2.05, 4.69) is 23.7 Å². The lowest BCUT2D eigenvalue weighted by Crippen LogP contribution is -2.09. The van der Waals surface area contributed by atoms with E-state index in [0.29, 0.717) is 5.75 Å². The summed E-state index contributed by atoms with van der Waals surface area (Å²) in [5, 5.41) is 3.11. The molecule has 0 saturated heterocycles. The van der Waals surface area contributed by atoms with Crippen LogP contribution in [0.3, 0.4) is 0 Å². The number of para-hydroxylation sites is 1. The van der Waals surface area contributed by atoms with Crippen molar-refractivity contribution in [3.63, 3.8) is 0 Å². The molecule has 0 bridgehead atoms. The molecule has 1 aromatic rings. The molecule has 0 heterocycles. The van der Waals surface area contributed by atoms with Gasteiger partial charge in [0.25, 0.3) is 0 Å². The summed E-state index contributed by atoms with van der Waals surface area (Å²) in [5.74, 6) is 0.471. The van der Waals surface area contributed by atoms with Crippen molar-refractivity contribution in [2.75, 3.05) is 13.1 Å². The van der Waals surface area contributed by atoms with Crippen LogP contribution in [0.25, 0.3) is 0 Å². The highest BCUT2D eigenvalue weighted by Gasteiger charge is 1.99.